The number of unbranched alkanes of at least 4 members (excludes halogenated alkanes) is 12. The summed E-state index contributed by atoms with van der Waals surface area (Å²) >= 11 is 0. The first-order valence-electron chi connectivity index (χ1n) is 11.5. The van der Waals surface area contributed by atoms with E-state index >= 15 is 0 Å². The van der Waals surface area contributed by atoms with Crippen LogP contribution in [0, 0.1) is 0 Å². The lowest BCUT2D eigenvalue weighted by Crippen LogP contribution is -2.40. The summed E-state index contributed by atoms with van der Waals surface area (Å²) in [6.45, 7) is 2.92. The molecule has 0 radical (unpaired) electrons. The Kier molecular flexibility index (Phi) is 15.9. The van der Waals surface area contributed by atoms with Gasteiger partial charge < -0.3 is 24.8 Å². The van der Waals surface area contributed by atoms with Crippen molar-refractivity contribution in [1.29, 1.82) is 0 Å². The zero-order valence-electron chi connectivity index (χ0n) is 17.9. The lowest BCUT2D eigenvalue weighted by molar-refractivity contribution is -0.0813. The second kappa shape index (κ2) is 17.4. The number of hydrogen-bond donors (Lipinski definition) is 3. The van der Waals surface area contributed by atoms with E-state index in [-0.39, 0.29) is 13.2 Å². The molecule has 1 rings (SSSR count). The molecule has 0 bridgehead atoms. The quantitative estimate of drug-likeness (QED) is 0.238. The number of rotatable bonds is 18. The molecule has 1 aliphatic heterocycles. The van der Waals surface area contributed by atoms with Crippen LogP contribution in [0.1, 0.15) is 90.4 Å². The Morgan fingerprint density at radius 1 is 0.893 bits per heavy atom. The van der Waals surface area contributed by atoms with Gasteiger partial charge in [-0.1, -0.05) is 76.4 Å². The highest BCUT2D eigenvalue weighted by Gasteiger charge is 2.39. The van der Waals surface area contributed by atoms with Crippen LogP contribution in [0.5, 0.6) is 0 Å². The molecule has 0 amide bonds. The van der Waals surface area contributed by atoms with Crippen LogP contribution in [0.2, 0.25) is 0 Å². The normalized spacial score (nSPS) is 23.6. The highest BCUT2D eigenvalue weighted by molar-refractivity contribution is 4.87. The second-order valence-electron chi connectivity index (χ2n) is 8.10. The lowest BCUT2D eigenvalue weighted by atomic mass is 10.0. The van der Waals surface area contributed by atoms with E-state index in [2.05, 4.69) is 19.1 Å². The van der Waals surface area contributed by atoms with Crippen molar-refractivity contribution in [3.63, 3.8) is 0 Å². The van der Waals surface area contributed by atoms with Crippen molar-refractivity contribution < 1.29 is 24.8 Å². The fraction of sp³-hybridized carbons (Fsp3) is 0.913. The van der Waals surface area contributed by atoms with Crippen LogP contribution in [0.15, 0.2) is 12.2 Å². The first-order chi connectivity index (χ1) is 13.7. The standard InChI is InChI=1S/C23H44O5/c1-2-3-4-5-6-7-8-9-10-11-12-13-14-15-16-17-27-18-21(25)23-22(26)20(24)19-28-23/h2-3,20-26H,4-19H2,1H3/b3-2+/t20-,21+,22-,23-/m0/s1. The molecule has 166 valence electrons. The van der Waals surface area contributed by atoms with Gasteiger partial charge in [0, 0.05) is 6.61 Å². The van der Waals surface area contributed by atoms with Gasteiger partial charge in [-0.15, -0.1) is 0 Å². The number of aliphatic hydroxyl groups excluding tert-OH is 3. The topological polar surface area (TPSA) is 79.2 Å². The molecule has 1 heterocycles. The average Bonchev–Trinajstić information content (AvgIpc) is 3.03. The predicted octanol–water partition coefficient (Wildman–Crippen LogP) is 4.13. The summed E-state index contributed by atoms with van der Waals surface area (Å²) < 4.78 is 10.7. The summed E-state index contributed by atoms with van der Waals surface area (Å²) in [5, 5.41) is 29.0. The Morgan fingerprint density at radius 3 is 1.93 bits per heavy atom. The van der Waals surface area contributed by atoms with Gasteiger partial charge in [0.25, 0.3) is 0 Å². The predicted molar refractivity (Wildman–Crippen MR) is 113 cm³/mol. The summed E-state index contributed by atoms with van der Waals surface area (Å²) in [7, 11) is 0. The van der Waals surface area contributed by atoms with Crippen molar-refractivity contribution in [2.45, 2.75) is 115 Å². The molecule has 28 heavy (non-hydrogen) atoms. The molecule has 0 unspecified atom stereocenters. The van der Waals surface area contributed by atoms with E-state index < -0.39 is 24.4 Å². The summed E-state index contributed by atoms with van der Waals surface area (Å²) in [5.74, 6) is 0. The average molecular weight is 401 g/mol. The van der Waals surface area contributed by atoms with Crippen LogP contribution in [0.25, 0.3) is 0 Å². The molecule has 1 fully saturated rings. The molecule has 1 saturated heterocycles. The highest BCUT2D eigenvalue weighted by Crippen LogP contribution is 2.18. The molecule has 0 aliphatic carbocycles. The van der Waals surface area contributed by atoms with Crippen molar-refractivity contribution >= 4 is 0 Å². The van der Waals surface area contributed by atoms with E-state index in [1.54, 1.807) is 0 Å². The van der Waals surface area contributed by atoms with E-state index in [4.69, 9.17) is 9.47 Å². The lowest BCUT2D eigenvalue weighted by Gasteiger charge is -2.20. The van der Waals surface area contributed by atoms with Gasteiger partial charge in [-0.05, 0) is 26.2 Å². The zero-order chi connectivity index (χ0) is 20.5. The van der Waals surface area contributed by atoms with E-state index in [1.165, 1.54) is 70.6 Å². The highest BCUT2D eigenvalue weighted by atomic mass is 16.5. The van der Waals surface area contributed by atoms with Gasteiger partial charge in [0.1, 0.15) is 24.4 Å². The van der Waals surface area contributed by atoms with E-state index in [9.17, 15) is 15.3 Å². The third kappa shape index (κ3) is 12.2. The number of hydrogen-bond acceptors (Lipinski definition) is 5. The van der Waals surface area contributed by atoms with Crippen molar-refractivity contribution in [2.24, 2.45) is 0 Å². The van der Waals surface area contributed by atoms with Crippen LogP contribution < -0.4 is 0 Å². The van der Waals surface area contributed by atoms with Crippen molar-refractivity contribution in [1.82, 2.24) is 0 Å². The van der Waals surface area contributed by atoms with Crippen molar-refractivity contribution in [2.75, 3.05) is 19.8 Å². The summed E-state index contributed by atoms with van der Waals surface area (Å²) in [4.78, 5) is 0. The maximum atomic E-state index is 9.94. The first kappa shape index (κ1) is 25.6. The van der Waals surface area contributed by atoms with Gasteiger partial charge in [-0.25, -0.2) is 0 Å². The molecule has 5 heteroatoms. The molecule has 0 aromatic rings. The Morgan fingerprint density at radius 2 is 1.43 bits per heavy atom. The Balaban J connectivity index is 1.76. The van der Waals surface area contributed by atoms with Crippen LogP contribution >= 0.6 is 0 Å². The molecule has 0 aromatic carbocycles. The van der Waals surface area contributed by atoms with Crippen LogP contribution in [0.3, 0.4) is 0 Å². The summed E-state index contributed by atoms with van der Waals surface area (Å²) in [6, 6.07) is 0. The van der Waals surface area contributed by atoms with Gasteiger partial charge in [-0.2, -0.15) is 0 Å². The molecule has 0 aromatic heterocycles. The van der Waals surface area contributed by atoms with Gasteiger partial charge in [0.15, 0.2) is 0 Å². The van der Waals surface area contributed by atoms with Gasteiger partial charge in [-0.3, -0.25) is 0 Å². The van der Waals surface area contributed by atoms with E-state index in [0.717, 1.165) is 12.8 Å². The van der Waals surface area contributed by atoms with Crippen molar-refractivity contribution in [3.8, 4) is 0 Å². The Bertz CT molecular complexity index is 374. The molecule has 4 atom stereocenters. The summed E-state index contributed by atoms with van der Waals surface area (Å²) in [5.41, 5.74) is 0. The maximum Gasteiger partial charge on any atom is 0.114 e. The molecule has 0 saturated carbocycles. The Labute approximate surface area is 172 Å². The molecule has 5 nitrogen and oxygen atoms in total. The smallest absolute Gasteiger partial charge is 0.114 e. The fourth-order valence-corrected chi connectivity index (χ4v) is 3.66. The van der Waals surface area contributed by atoms with Gasteiger partial charge in [0.2, 0.25) is 0 Å². The number of aliphatic hydroxyl groups is 3. The zero-order valence-corrected chi connectivity index (χ0v) is 17.9. The maximum absolute atomic E-state index is 9.94. The van der Waals surface area contributed by atoms with E-state index in [1.807, 2.05) is 0 Å². The summed E-state index contributed by atoms with van der Waals surface area (Å²) in [6.07, 6.45) is 17.7. The SMILES string of the molecule is C/C=C/CCCCCCCCCCCCCCOC[C@@H](O)[C@@H]1OC[C@H](O)[C@@H]1O. The van der Waals surface area contributed by atoms with E-state index in [0.29, 0.717) is 6.61 Å². The third-order valence-corrected chi connectivity index (χ3v) is 5.50. The molecular formula is C23H44O5. The van der Waals surface area contributed by atoms with Gasteiger partial charge in [0.05, 0.1) is 13.2 Å². The monoisotopic (exact) mass is 400 g/mol. The first-order valence-corrected chi connectivity index (χ1v) is 11.5. The molecule has 1 aliphatic rings. The van der Waals surface area contributed by atoms with Crippen LogP contribution in [-0.4, -0.2) is 59.6 Å². The minimum atomic E-state index is -1.03. The van der Waals surface area contributed by atoms with Crippen LogP contribution in [0.4, 0.5) is 0 Å². The minimum Gasteiger partial charge on any atom is -0.388 e. The molecular weight excluding hydrogens is 356 g/mol. The number of allylic oxidation sites excluding steroid dienone is 2. The third-order valence-electron chi connectivity index (χ3n) is 5.50. The fourth-order valence-electron chi connectivity index (χ4n) is 3.66. The Hall–Kier alpha value is -0.460. The minimum absolute atomic E-state index is 0.0692. The van der Waals surface area contributed by atoms with Gasteiger partial charge >= 0.3 is 0 Å². The molecule has 3 N–H and O–H groups in total. The van der Waals surface area contributed by atoms with Crippen molar-refractivity contribution in [3.05, 3.63) is 12.2 Å². The molecule has 0 spiro atoms. The van der Waals surface area contributed by atoms with Crippen LogP contribution in [-0.2, 0) is 9.47 Å². The number of ether oxygens (including phenoxy) is 2. The largest absolute Gasteiger partial charge is 0.388 e. The second-order valence-corrected chi connectivity index (χ2v) is 8.10.